The SMILES string of the molecule is CCOP(=O)(OCC)C(C)(N[C@@H](CC(C)C)C(=O)O)c1ccccc1O. The maximum Gasteiger partial charge on any atom is 0.354 e. The lowest BCUT2D eigenvalue weighted by Gasteiger charge is -2.39. The summed E-state index contributed by atoms with van der Waals surface area (Å²) in [5.74, 6) is -1.09. The second-order valence-electron chi connectivity index (χ2n) is 6.59. The number of hydrogen-bond acceptors (Lipinski definition) is 6. The van der Waals surface area contributed by atoms with Crippen molar-refractivity contribution in [3.05, 3.63) is 29.8 Å². The van der Waals surface area contributed by atoms with Crippen molar-refractivity contribution in [1.82, 2.24) is 5.32 Å². The van der Waals surface area contributed by atoms with E-state index in [1.54, 1.807) is 39.0 Å². The summed E-state index contributed by atoms with van der Waals surface area (Å²) in [4.78, 5) is 11.8. The minimum absolute atomic E-state index is 0.0933. The smallest absolute Gasteiger partial charge is 0.354 e. The van der Waals surface area contributed by atoms with Gasteiger partial charge in [-0.3, -0.25) is 14.7 Å². The molecule has 0 aromatic heterocycles. The van der Waals surface area contributed by atoms with Gasteiger partial charge in [0.1, 0.15) is 17.1 Å². The number of phenolic OH excluding ortho intramolecular Hbond substituents is 1. The van der Waals surface area contributed by atoms with Crippen LogP contribution in [0.3, 0.4) is 0 Å². The third kappa shape index (κ3) is 5.07. The summed E-state index contributed by atoms with van der Waals surface area (Å²) in [6.45, 7) is 8.94. The number of rotatable bonds is 11. The fourth-order valence-corrected chi connectivity index (χ4v) is 4.93. The number of benzene rings is 1. The Balaban J connectivity index is 3.53. The van der Waals surface area contributed by atoms with Crippen molar-refractivity contribution >= 4 is 13.6 Å². The summed E-state index contributed by atoms with van der Waals surface area (Å²) in [5.41, 5.74) is 0.264. The highest BCUT2D eigenvalue weighted by molar-refractivity contribution is 7.55. The van der Waals surface area contributed by atoms with E-state index >= 15 is 0 Å². The third-order valence-corrected chi connectivity index (χ3v) is 6.70. The van der Waals surface area contributed by atoms with Crippen LogP contribution in [-0.4, -0.2) is 35.4 Å². The van der Waals surface area contributed by atoms with Crippen molar-refractivity contribution in [2.75, 3.05) is 13.2 Å². The van der Waals surface area contributed by atoms with E-state index in [0.717, 1.165) is 0 Å². The molecule has 1 aromatic carbocycles. The molecule has 148 valence electrons. The zero-order valence-electron chi connectivity index (χ0n) is 16.1. The topological polar surface area (TPSA) is 105 Å². The quantitative estimate of drug-likeness (QED) is 0.494. The lowest BCUT2D eigenvalue weighted by atomic mass is 10.0. The predicted molar refractivity (Wildman–Crippen MR) is 100 cm³/mol. The van der Waals surface area contributed by atoms with Crippen LogP contribution in [0, 0.1) is 5.92 Å². The first kappa shape index (κ1) is 22.6. The average molecular weight is 387 g/mol. The number of carbonyl (C=O) groups is 1. The molecular weight excluding hydrogens is 357 g/mol. The standard InChI is InChI=1S/C18H30NO6P/c1-6-24-26(23,25-7-2)18(5,14-10-8-9-11-16(14)20)19-15(17(21)22)12-13(3)4/h8-11,13,15,19-20H,6-7,12H2,1-5H3,(H,21,22)/t15-,18?/m0/s1. The van der Waals surface area contributed by atoms with Gasteiger partial charge in [-0.15, -0.1) is 0 Å². The second-order valence-corrected chi connectivity index (χ2v) is 8.99. The summed E-state index contributed by atoms with van der Waals surface area (Å²) in [6, 6.07) is 5.36. The highest BCUT2D eigenvalue weighted by Crippen LogP contribution is 2.64. The summed E-state index contributed by atoms with van der Waals surface area (Å²) in [5, 5.41) is 21.4. The van der Waals surface area contributed by atoms with Crippen LogP contribution in [-0.2, 0) is 23.7 Å². The molecule has 3 N–H and O–H groups in total. The highest BCUT2D eigenvalue weighted by Gasteiger charge is 2.51. The normalized spacial score (nSPS) is 15.6. The first-order valence-electron chi connectivity index (χ1n) is 8.79. The minimum Gasteiger partial charge on any atom is -0.508 e. The molecule has 2 atom stereocenters. The molecule has 0 radical (unpaired) electrons. The van der Waals surface area contributed by atoms with E-state index in [9.17, 15) is 19.6 Å². The number of phenols is 1. The van der Waals surface area contributed by atoms with Gasteiger partial charge in [-0.2, -0.15) is 0 Å². The molecule has 0 fully saturated rings. The molecule has 0 spiro atoms. The molecule has 1 unspecified atom stereocenters. The van der Waals surface area contributed by atoms with Crippen molar-refractivity contribution in [2.45, 2.75) is 52.4 Å². The Kier molecular flexibility index (Phi) is 8.28. The van der Waals surface area contributed by atoms with E-state index in [0.29, 0.717) is 6.42 Å². The lowest BCUT2D eigenvalue weighted by molar-refractivity contribution is -0.140. The Hall–Kier alpha value is -1.40. The fraction of sp³-hybridized carbons (Fsp3) is 0.611. The lowest BCUT2D eigenvalue weighted by Crippen LogP contribution is -2.50. The molecule has 0 aliphatic carbocycles. The zero-order valence-corrected chi connectivity index (χ0v) is 17.0. The highest BCUT2D eigenvalue weighted by atomic mass is 31.2. The van der Waals surface area contributed by atoms with Gasteiger partial charge in [-0.25, -0.2) is 0 Å². The number of aromatic hydroxyl groups is 1. The van der Waals surface area contributed by atoms with Gasteiger partial charge in [0.2, 0.25) is 0 Å². The maximum atomic E-state index is 13.6. The molecule has 0 saturated carbocycles. The van der Waals surface area contributed by atoms with Gasteiger partial charge in [0.15, 0.2) is 0 Å². The molecule has 7 nitrogen and oxygen atoms in total. The maximum absolute atomic E-state index is 13.6. The number of hydrogen-bond donors (Lipinski definition) is 3. The molecule has 1 aromatic rings. The van der Waals surface area contributed by atoms with E-state index < -0.39 is 24.9 Å². The van der Waals surface area contributed by atoms with Gasteiger partial charge >= 0.3 is 13.6 Å². The van der Waals surface area contributed by atoms with Crippen LogP contribution in [0.25, 0.3) is 0 Å². The second kappa shape index (κ2) is 9.51. The van der Waals surface area contributed by atoms with Crippen LogP contribution in [0.1, 0.15) is 46.6 Å². The number of carboxylic acids is 1. The number of para-hydroxylation sites is 1. The molecule has 0 amide bonds. The Morgan fingerprint density at radius 1 is 1.23 bits per heavy atom. The molecule has 0 heterocycles. The van der Waals surface area contributed by atoms with Crippen LogP contribution >= 0.6 is 7.60 Å². The van der Waals surface area contributed by atoms with Crippen LogP contribution < -0.4 is 5.32 Å². The van der Waals surface area contributed by atoms with Gasteiger partial charge in [-0.1, -0.05) is 32.0 Å². The predicted octanol–water partition coefficient (Wildman–Crippen LogP) is 3.92. The van der Waals surface area contributed by atoms with E-state index in [-0.39, 0.29) is 30.4 Å². The molecule has 0 bridgehead atoms. The largest absolute Gasteiger partial charge is 0.508 e. The van der Waals surface area contributed by atoms with Gasteiger partial charge in [0, 0.05) is 5.56 Å². The molecular formula is C18H30NO6P. The Morgan fingerprint density at radius 3 is 2.19 bits per heavy atom. The minimum atomic E-state index is -3.86. The van der Waals surface area contributed by atoms with Crippen LogP contribution in [0.5, 0.6) is 5.75 Å². The monoisotopic (exact) mass is 387 g/mol. The Bertz CT molecular complexity index is 640. The summed E-state index contributed by atoms with van der Waals surface area (Å²) in [6.07, 6.45) is 0.316. The van der Waals surface area contributed by atoms with E-state index in [1.807, 2.05) is 13.8 Å². The van der Waals surface area contributed by atoms with Crippen molar-refractivity contribution in [3.63, 3.8) is 0 Å². The summed E-state index contributed by atoms with van der Waals surface area (Å²) in [7, 11) is -3.86. The van der Waals surface area contributed by atoms with Crippen LogP contribution in [0.15, 0.2) is 24.3 Å². The molecule has 26 heavy (non-hydrogen) atoms. The molecule has 0 aliphatic heterocycles. The Morgan fingerprint density at radius 2 is 1.77 bits per heavy atom. The van der Waals surface area contributed by atoms with Crippen molar-refractivity contribution in [2.24, 2.45) is 5.92 Å². The van der Waals surface area contributed by atoms with Gasteiger partial charge in [0.25, 0.3) is 0 Å². The molecule has 0 aliphatic rings. The van der Waals surface area contributed by atoms with Crippen molar-refractivity contribution < 1.29 is 28.6 Å². The van der Waals surface area contributed by atoms with Crippen molar-refractivity contribution in [3.8, 4) is 5.75 Å². The fourth-order valence-electron chi connectivity index (χ4n) is 2.86. The van der Waals surface area contributed by atoms with E-state index in [2.05, 4.69) is 5.32 Å². The van der Waals surface area contributed by atoms with Crippen molar-refractivity contribution in [1.29, 1.82) is 0 Å². The average Bonchev–Trinajstić information content (AvgIpc) is 2.54. The van der Waals surface area contributed by atoms with Gasteiger partial charge in [0.05, 0.1) is 13.2 Å². The summed E-state index contributed by atoms with van der Waals surface area (Å²) < 4.78 is 24.6. The summed E-state index contributed by atoms with van der Waals surface area (Å²) >= 11 is 0. The number of aliphatic carboxylic acids is 1. The molecule has 1 rings (SSSR count). The van der Waals surface area contributed by atoms with Gasteiger partial charge < -0.3 is 19.3 Å². The first-order valence-corrected chi connectivity index (χ1v) is 10.3. The molecule has 0 saturated heterocycles. The van der Waals surface area contributed by atoms with Gasteiger partial charge in [-0.05, 0) is 39.2 Å². The number of nitrogens with one attached hydrogen (secondary N) is 1. The first-order chi connectivity index (χ1) is 12.1. The molecule has 8 heteroatoms. The Labute approximate surface area is 155 Å². The van der Waals surface area contributed by atoms with Crippen LogP contribution in [0.2, 0.25) is 0 Å². The number of carboxylic acid groups (broad SMARTS) is 1. The zero-order chi connectivity index (χ0) is 20.0. The third-order valence-electron chi connectivity index (χ3n) is 4.03. The van der Waals surface area contributed by atoms with E-state index in [1.165, 1.54) is 6.07 Å². The van der Waals surface area contributed by atoms with E-state index in [4.69, 9.17) is 9.05 Å². The van der Waals surface area contributed by atoms with Crippen LogP contribution in [0.4, 0.5) is 0 Å².